The summed E-state index contributed by atoms with van der Waals surface area (Å²) in [5.74, 6) is 16.0. The molecule has 0 spiro atoms. The third-order valence-electron chi connectivity index (χ3n) is 0. The molecule has 0 rings (SSSR count). The van der Waals surface area contributed by atoms with Gasteiger partial charge in [0.2, 0.25) is 0 Å². The van der Waals surface area contributed by atoms with Crippen molar-refractivity contribution in [3.63, 3.8) is 0 Å². The molecule has 8 N–H and O–H groups in total. The minimum Gasteiger partial charge on any atom is -1.00 e. The standard InChI is InChI=1S/Mg.2H4N2.2H/c;2*1-2;;/h;2*1-2H2;;/q+2;;;2*-1. The Morgan fingerprint density at radius 1 is 0.800 bits per heavy atom. The van der Waals surface area contributed by atoms with Gasteiger partial charge in [-0.25, -0.2) is 0 Å². The predicted molar refractivity (Wildman–Crippen MR) is 24.7 cm³/mol. The summed E-state index contributed by atoms with van der Waals surface area (Å²) in [4.78, 5) is 0. The number of rotatable bonds is 0. The molecule has 0 aromatic heterocycles. The number of hydrogen-bond acceptors (Lipinski definition) is 4. The van der Waals surface area contributed by atoms with Crippen molar-refractivity contribution < 1.29 is 2.85 Å². The summed E-state index contributed by atoms with van der Waals surface area (Å²) < 4.78 is 0. The van der Waals surface area contributed by atoms with E-state index in [1.54, 1.807) is 0 Å². The van der Waals surface area contributed by atoms with E-state index in [1.165, 1.54) is 0 Å². The fraction of sp³-hybridized carbons (Fsp3) is 0. The van der Waals surface area contributed by atoms with Crippen LogP contribution in [0.1, 0.15) is 2.85 Å². The van der Waals surface area contributed by atoms with Gasteiger partial charge in [-0.2, -0.15) is 0 Å². The topological polar surface area (TPSA) is 104 Å². The molecule has 0 saturated heterocycles. The Morgan fingerprint density at radius 2 is 0.800 bits per heavy atom. The second kappa shape index (κ2) is 163. The molecule has 0 heterocycles. The van der Waals surface area contributed by atoms with Gasteiger partial charge in [0, 0.05) is 0 Å². The normalized spacial score (nSPS) is 2.40. The van der Waals surface area contributed by atoms with Crippen LogP contribution in [0.3, 0.4) is 0 Å². The zero-order valence-corrected chi connectivity index (χ0v) is 4.43. The van der Waals surface area contributed by atoms with Gasteiger partial charge in [-0.1, -0.05) is 0 Å². The average molecular weight is 90.4 g/mol. The number of hydrogen-bond donors (Lipinski definition) is 4. The maximum absolute atomic E-state index is 4.00. The predicted octanol–water partition coefficient (Wildman–Crippen LogP) is -2.52. The third kappa shape index (κ3) is 85.1. The van der Waals surface area contributed by atoms with Crippen LogP contribution in [0.25, 0.3) is 0 Å². The fourth-order valence-electron chi connectivity index (χ4n) is 0. The molecule has 0 atom stereocenters. The first-order valence-electron chi connectivity index (χ1n) is 0.667. The van der Waals surface area contributed by atoms with Crippen LogP contribution in [0.15, 0.2) is 0 Å². The molecule has 0 saturated carbocycles. The van der Waals surface area contributed by atoms with E-state index in [1.807, 2.05) is 0 Å². The van der Waals surface area contributed by atoms with Gasteiger partial charge in [-0.3, -0.25) is 23.4 Å². The Hall–Kier alpha value is 0.606. The Labute approximate surface area is 49.9 Å². The van der Waals surface area contributed by atoms with Crippen LogP contribution in [0.2, 0.25) is 0 Å². The van der Waals surface area contributed by atoms with Crippen molar-refractivity contribution in [2.75, 3.05) is 0 Å². The molecule has 0 radical (unpaired) electrons. The summed E-state index contributed by atoms with van der Waals surface area (Å²) in [5.41, 5.74) is 0. The van der Waals surface area contributed by atoms with Gasteiger partial charge in [0.25, 0.3) is 0 Å². The molecule has 0 amide bonds. The quantitative estimate of drug-likeness (QED) is 0.150. The summed E-state index contributed by atoms with van der Waals surface area (Å²) in [5, 5.41) is 0. The first-order valence-corrected chi connectivity index (χ1v) is 0.667. The molecule has 0 aliphatic carbocycles. The molecule has 32 valence electrons. The van der Waals surface area contributed by atoms with E-state index >= 15 is 0 Å². The van der Waals surface area contributed by atoms with Gasteiger partial charge < -0.3 is 2.85 Å². The SMILES string of the molecule is NN.NN.[H-].[H-].[Mg+2]. The van der Waals surface area contributed by atoms with Gasteiger partial charge in [0.05, 0.1) is 0 Å². The molecule has 0 fully saturated rings. The minimum absolute atomic E-state index is 0. The van der Waals surface area contributed by atoms with Crippen molar-refractivity contribution in [1.29, 1.82) is 0 Å². The van der Waals surface area contributed by atoms with Gasteiger partial charge >= 0.3 is 23.1 Å². The van der Waals surface area contributed by atoms with Crippen molar-refractivity contribution in [3.05, 3.63) is 0 Å². The molecule has 0 aliphatic rings. The van der Waals surface area contributed by atoms with Crippen LogP contribution in [0.5, 0.6) is 0 Å². The van der Waals surface area contributed by atoms with Crippen molar-refractivity contribution in [2.24, 2.45) is 23.4 Å². The Morgan fingerprint density at radius 3 is 0.800 bits per heavy atom. The van der Waals surface area contributed by atoms with Crippen LogP contribution in [-0.4, -0.2) is 23.1 Å². The van der Waals surface area contributed by atoms with E-state index < -0.39 is 0 Å². The van der Waals surface area contributed by atoms with Crippen molar-refractivity contribution in [3.8, 4) is 0 Å². The second-order valence-corrected chi connectivity index (χ2v) is 0. The summed E-state index contributed by atoms with van der Waals surface area (Å²) >= 11 is 0. The van der Waals surface area contributed by atoms with Crippen LogP contribution in [0.4, 0.5) is 0 Å². The monoisotopic (exact) mass is 90.1 g/mol. The Kier molecular flexibility index (Phi) is 571. The van der Waals surface area contributed by atoms with Gasteiger partial charge in [0.15, 0.2) is 0 Å². The molecule has 4 nitrogen and oxygen atoms in total. The zero-order chi connectivity index (χ0) is 4.00. The second-order valence-electron chi connectivity index (χ2n) is 0. The van der Waals surface area contributed by atoms with Crippen LogP contribution < -0.4 is 23.4 Å². The molecule has 0 bridgehead atoms. The van der Waals surface area contributed by atoms with Crippen LogP contribution in [0, 0.1) is 0 Å². The summed E-state index contributed by atoms with van der Waals surface area (Å²) in [6, 6.07) is 0. The Balaban J connectivity index is -0.00000000267. The molecule has 0 aromatic rings. The van der Waals surface area contributed by atoms with Crippen molar-refractivity contribution in [1.82, 2.24) is 0 Å². The van der Waals surface area contributed by atoms with E-state index in [4.69, 9.17) is 0 Å². The summed E-state index contributed by atoms with van der Waals surface area (Å²) in [6.07, 6.45) is 0. The maximum Gasteiger partial charge on any atom is 2.00 e. The molecular weight excluding hydrogens is 80.3 g/mol. The van der Waals surface area contributed by atoms with E-state index in [-0.39, 0.29) is 25.9 Å². The maximum atomic E-state index is 4.00. The van der Waals surface area contributed by atoms with E-state index in [0.29, 0.717) is 0 Å². The van der Waals surface area contributed by atoms with E-state index in [9.17, 15) is 0 Å². The largest absolute Gasteiger partial charge is 2.00 e. The van der Waals surface area contributed by atoms with Crippen LogP contribution in [-0.2, 0) is 0 Å². The summed E-state index contributed by atoms with van der Waals surface area (Å²) in [7, 11) is 0. The van der Waals surface area contributed by atoms with E-state index in [0.717, 1.165) is 0 Å². The van der Waals surface area contributed by atoms with Gasteiger partial charge in [0.1, 0.15) is 0 Å². The number of nitrogens with two attached hydrogens (primary N) is 4. The van der Waals surface area contributed by atoms with Crippen molar-refractivity contribution in [2.45, 2.75) is 0 Å². The Bertz CT molecular complexity index is 9.65. The summed E-state index contributed by atoms with van der Waals surface area (Å²) in [6.45, 7) is 0. The molecular formula is H10MgN4. The third-order valence-corrected chi connectivity index (χ3v) is 0. The first-order chi connectivity index (χ1) is 2.00. The van der Waals surface area contributed by atoms with Gasteiger partial charge in [-0.15, -0.1) is 0 Å². The average Bonchev–Trinajstić information content (AvgIpc) is 1.50. The van der Waals surface area contributed by atoms with E-state index in [2.05, 4.69) is 23.4 Å². The first kappa shape index (κ1) is 17.5. The molecule has 0 unspecified atom stereocenters. The molecule has 0 aromatic carbocycles. The molecule has 5 heavy (non-hydrogen) atoms. The van der Waals surface area contributed by atoms with Gasteiger partial charge in [-0.05, 0) is 0 Å². The molecule has 5 heteroatoms. The zero-order valence-electron chi connectivity index (χ0n) is 5.02. The smallest absolute Gasteiger partial charge is 1.00 e. The van der Waals surface area contributed by atoms with Crippen molar-refractivity contribution >= 4 is 23.1 Å². The fourth-order valence-corrected chi connectivity index (χ4v) is 0. The number of hydrazine groups is 2. The van der Waals surface area contributed by atoms with Crippen LogP contribution >= 0.6 is 0 Å². The molecule has 0 aliphatic heterocycles. The minimum atomic E-state index is 0.